The molecule has 0 aromatic carbocycles. The molecule has 0 N–H and O–H groups in total. The molecular formula is C7H11S. The summed E-state index contributed by atoms with van der Waals surface area (Å²) in [4.78, 5) is 0. The zero-order valence-corrected chi connectivity index (χ0v) is 6.22. The summed E-state index contributed by atoms with van der Waals surface area (Å²) in [6, 6.07) is 0. The van der Waals surface area contributed by atoms with Gasteiger partial charge in [0.1, 0.15) is 0 Å². The molecule has 0 aromatic rings. The van der Waals surface area contributed by atoms with Gasteiger partial charge in [-0.15, -0.1) is 17.7 Å². The lowest BCUT2D eigenvalue weighted by Gasteiger charge is -1.86. The Morgan fingerprint density at radius 1 is 1.62 bits per heavy atom. The Morgan fingerprint density at radius 3 is 2.88 bits per heavy atom. The minimum absolute atomic E-state index is 0.949. The van der Waals surface area contributed by atoms with Gasteiger partial charge >= 0.3 is 0 Å². The molecule has 0 aromatic heterocycles. The maximum absolute atomic E-state index is 2.96. The molecule has 0 atom stereocenters. The molecule has 0 saturated heterocycles. The highest BCUT2D eigenvalue weighted by atomic mass is 32.2. The Labute approximate surface area is 56.1 Å². The van der Waals surface area contributed by atoms with E-state index in [1.165, 1.54) is 0 Å². The van der Waals surface area contributed by atoms with Gasteiger partial charge in [0.15, 0.2) is 0 Å². The lowest BCUT2D eigenvalue weighted by atomic mass is 10.6. The van der Waals surface area contributed by atoms with Crippen molar-refractivity contribution in [3.05, 3.63) is 5.75 Å². The van der Waals surface area contributed by atoms with Crippen LogP contribution in [0.25, 0.3) is 0 Å². The van der Waals surface area contributed by atoms with Gasteiger partial charge in [-0.05, 0) is 13.3 Å². The quantitative estimate of drug-likeness (QED) is 0.414. The van der Waals surface area contributed by atoms with Crippen LogP contribution in [0.2, 0.25) is 0 Å². The minimum atomic E-state index is 0.949. The number of rotatable bonds is 3. The van der Waals surface area contributed by atoms with Crippen LogP contribution in [0.5, 0.6) is 0 Å². The molecule has 1 radical (unpaired) electrons. The summed E-state index contributed by atoms with van der Waals surface area (Å²) in [5, 5.41) is 0. The first-order valence-corrected chi connectivity index (χ1v) is 3.79. The largest absolute Gasteiger partial charge is 0.144 e. The summed E-state index contributed by atoms with van der Waals surface area (Å²) in [7, 11) is 0. The molecule has 0 saturated carbocycles. The fraction of sp³-hybridized carbons (Fsp3) is 0.571. The highest BCUT2D eigenvalue weighted by molar-refractivity contribution is 8.01. The van der Waals surface area contributed by atoms with E-state index in [4.69, 9.17) is 0 Å². The molecule has 0 aliphatic heterocycles. The van der Waals surface area contributed by atoms with Crippen LogP contribution in [0.1, 0.15) is 20.3 Å². The summed E-state index contributed by atoms with van der Waals surface area (Å²) in [5.74, 6) is 8.92. The fourth-order valence-electron chi connectivity index (χ4n) is 0.291. The third-order valence-electron chi connectivity index (χ3n) is 0.617. The molecule has 0 nitrogen and oxygen atoms in total. The molecule has 0 aliphatic rings. The van der Waals surface area contributed by atoms with Gasteiger partial charge in [0.25, 0.3) is 0 Å². The van der Waals surface area contributed by atoms with Crippen LogP contribution in [0.4, 0.5) is 0 Å². The summed E-state index contributed by atoms with van der Waals surface area (Å²) < 4.78 is 0. The normalized spacial score (nSPS) is 7.75. The molecule has 0 amide bonds. The SMILES string of the molecule is CC#CCS[CH]CC. The van der Waals surface area contributed by atoms with Crippen LogP contribution in [-0.4, -0.2) is 5.75 Å². The van der Waals surface area contributed by atoms with E-state index in [0.29, 0.717) is 0 Å². The Bertz CT molecular complexity index is 86.3. The molecule has 0 bridgehead atoms. The third kappa shape index (κ3) is 5.91. The maximum atomic E-state index is 2.96. The standard InChI is InChI=1S/C7H11S/c1-3-5-7-8-6-4-2/h6H,4,7H2,1-2H3. The number of hydrogen-bond acceptors (Lipinski definition) is 1. The van der Waals surface area contributed by atoms with Crippen molar-refractivity contribution in [3.8, 4) is 11.8 Å². The number of hydrogen-bond donors (Lipinski definition) is 0. The maximum Gasteiger partial charge on any atom is 0.0550 e. The molecule has 0 aliphatic carbocycles. The topological polar surface area (TPSA) is 0 Å². The van der Waals surface area contributed by atoms with E-state index in [-0.39, 0.29) is 0 Å². The van der Waals surface area contributed by atoms with Gasteiger partial charge in [-0.3, -0.25) is 0 Å². The third-order valence-corrected chi connectivity index (χ3v) is 1.50. The summed E-state index contributed by atoms with van der Waals surface area (Å²) >= 11 is 1.78. The predicted octanol–water partition coefficient (Wildman–Crippen LogP) is 2.31. The van der Waals surface area contributed by atoms with Crippen LogP contribution in [0.15, 0.2) is 0 Å². The zero-order chi connectivity index (χ0) is 6.24. The van der Waals surface area contributed by atoms with Crippen LogP contribution < -0.4 is 0 Å². The average Bonchev–Trinajstić information content (AvgIpc) is 1.81. The first-order valence-electron chi connectivity index (χ1n) is 2.74. The van der Waals surface area contributed by atoms with Crippen molar-refractivity contribution in [2.45, 2.75) is 20.3 Å². The van der Waals surface area contributed by atoms with Gasteiger partial charge in [0, 0.05) is 5.75 Å². The average molecular weight is 127 g/mol. The smallest absolute Gasteiger partial charge is 0.0550 e. The van der Waals surface area contributed by atoms with E-state index in [2.05, 4.69) is 24.5 Å². The lowest BCUT2D eigenvalue weighted by Crippen LogP contribution is -1.68. The summed E-state index contributed by atoms with van der Waals surface area (Å²) in [5.41, 5.74) is 0. The Morgan fingerprint density at radius 2 is 2.38 bits per heavy atom. The van der Waals surface area contributed by atoms with Crippen molar-refractivity contribution in [2.75, 3.05) is 5.75 Å². The molecular weight excluding hydrogens is 116 g/mol. The Hall–Kier alpha value is -0.0900. The van der Waals surface area contributed by atoms with E-state index in [0.717, 1.165) is 12.2 Å². The van der Waals surface area contributed by atoms with Crippen molar-refractivity contribution in [2.24, 2.45) is 0 Å². The second kappa shape index (κ2) is 6.91. The second-order valence-electron chi connectivity index (χ2n) is 1.31. The molecule has 1 heteroatoms. The van der Waals surface area contributed by atoms with Gasteiger partial charge in [0.2, 0.25) is 0 Å². The zero-order valence-electron chi connectivity index (χ0n) is 5.40. The predicted molar refractivity (Wildman–Crippen MR) is 40.5 cm³/mol. The van der Waals surface area contributed by atoms with E-state index >= 15 is 0 Å². The van der Waals surface area contributed by atoms with Gasteiger partial charge in [-0.25, -0.2) is 0 Å². The molecule has 0 heterocycles. The van der Waals surface area contributed by atoms with Gasteiger partial charge in [0.05, 0.1) is 5.75 Å². The van der Waals surface area contributed by atoms with Crippen LogP contribution in [-0.2, 0) is 0 Å². The number of thioether (sulfide) groups is 1. The highest BCUT2D eigenvalue weighted by Crippen LogP contribution is 2.05. The molecule has 45 valence electrons. The van der Waals surface area contributed by atoms with E-state index < -0.39 is 0 Å². The van der Waals surface area contributed by atoms with Gasteiger partial charge < -0.3 is 0 Å². The van der Waals surface area contributed by atoms with Crippen LogP contribution in [0.3, 0.4) is 0 Å². The van der Waals surface area contributed by atoms with E-state index in [1.807, 2.05) is 6.92 Å². The Kier molecular flexibility index (Phi) is 6.83. The van der Waals surface area contributed by atoms with Crippen molar-refractivity contribution in [1.82, 2.24) is 0 Å². The molecule has 0 spiro atoms. The van der Waals surface area contributed by atoms with Crippen LogP contribution in [0, 0.1) is 17.6 Å². The summed E-state index contributed by atoms with van der Waals surface area (Å²) in [6.45, 7) is 4.00. The van der Waals surface area contributed by atoms with Crippen molar-refractivity contribution in [3.63, 3.8) is 0 Å². The molecule has 8 heavy (non-hydrogen) atoms. The van der Waals surface area contributed by atoms with Crippen LogP contribution >= 0.6 is 11.8 Å². The van der Waals surface area contributed by atoms with Gasteiger partial charge in [-0.2, -0.15) is 0 Å². The molecule has 0 rings (SSSR count). The van der Waals surface area contributed by atoms with E-state index in [9.17, 15) is 0 Å². The molecule has 0 fully saturated rings. The van der Waals surface area contributed by atoms with Crippen molar-refractivity contribution < 1.29 is 0 Å². The lowest BCUT2D eigenvalue weighted by molar-refractivity contribution is 1.20. The van der Waals surface area contributed by atoms with Gasteiger partial charge in [-0.1, -0.05) is 12.8 Å². The fourth-order valence-corrected chi connectivity index (χ4v) is 0.872. The highest BCUT2D eigenvalue weighted by Gasteiger charge is 1.78. The second-order valence-corrected chi connectivity index (χ2v) is 2.27. The molecule has 0 unspecified atom stereocenters. The first kappa shape index (κ1) is 7.91. The Balaban J connectivity index is 2.79. The van der Waals surface area contributed by atoms with Crippen molar-refractivity contribution in [1.29, 1.82) is 0 Å². The monoisotopic (exact) mass is 127 g/mol. The first-order chi connectivity index (χ1) is 3.91. The summed E-state index contributed by atoms with van der Waals surface area (Å²) in [6.07, 6.45) is 1.13. The van der Waals surface area contributed by atoms with E-state index in [1.54, 1.807) is 11.8 Å². The van der Waals surface area contributed by atoms with Crippen molar-refractivity contribution >= 4 is 11.8 Å². The minimum Gasteiger partial charge on any atom is -0.144 e.